The Balaban J connectivity index is 1.51. The highest BCUT2D eigenvalue weighted by Crippen LogP contribution is 2.57. The first-order valence-corrected chi connectivity index (χ1v) is 13.8. The van der Waals surface area contributed by atoms with Crippen LogP contribution in [0.1, 0.15) is 41.6 Å². The number of allylic oxidation sites excluding steroid dienone is 6. The fraction of sp³-hybridized carbons (Fsp3) is 0.258. The number of nitrogens with zero attached hydrogens (tertiary/aromatic N) is 1. The molecular weight excluding hydrogens is 594 g/mol. The number of carbonyl (C=O) groups is 5. The van der Waals surface area contributed by atoms with E-state index >= 15 is 0 Å². The monoisotopic (exact) mass is 617 g/mol. The van der Waals surface area contributed by atoms with Crippen molar-refractivity contribution in [1.82, 2.24) is 0 Å². The number of phenols is 1. The molecule has 0 bridgehead atoms. The van der Waals surface area contributed by atoms with Gasteiger partial charge >= 0.3 is 5.97 Å². The van der Waals surface area contributed by atoms with E-state index in [1.54, 1.807) is 19.1 Å². The Bertz CT molecular complexity index is 1700. The van der Waals surface area contributed by atoms with E-state index in [4.69, 9.17) is 4.74 Å². The lowest BCUT2D eigenvalue weighted by atomic mass is 9.59. The maximum atomic E-state index is 14.0. The van der Waals surface area contributed by atoms with Crippen molar-refractivity contribution in [2.24, 2.45) is 17.8 Å². The lowest BCUT2D eigenvalue weighted by Crippen LogP contribution is -2.39. The van der Waals surface area contributed by atoms with Gasteiger partial charge in [0.25, 0.3) is 0 Å². The van der Waals surface area contributed by atoms with Crippen molar-refractivity contribution in [3.8, 4) is 11.5 Å². The molecule has 208 valence electrons. The van der Waals surface area contributed by atoms with Crippen molar-refractivity contribution in [2.75, 3.05) is 12.0 Å². The fourth-order valence-electron chi connectivity index (χ4n) is 6.74. The molecule has 0 spiro atoms. The zero-order valence-electron chi connectivity index (χ0n) is 22.0. The molecule has 3 aliphatic carbocycles. The van der Waals surface area contributed by atoms with E-state index in [-0.39, 0.29) is 63.9 Å². The maximum absolute atomic E-state index is 14.0. The van der Waals surface area contributed by atoms with E-state index in [1.165, 1.54) is 37.5 Å². The second-order valence-corrected chi connectivity index (χ2v) is 11.6. The van der Waals surface area contributed by atoms with Crippen LogP contribution in [-0.2, 0) is 19.2 Å². The Morgan fingerprint density at radius 2 is 1.83 bits per heavy atom. The molecule has 1 fully saturated rings. The van der Waals surface area contributed by atoms with Crippen LogP contribution < -0.4 is 9.64 Å². The number of aromatic hydroxyl groups is 1. The summed E-state index contributed by atoms with van der Waals surface area (Å²) in [7, 11) is 1.41. The van der Waals surface area contributed by atoms with Gasteiger partial charge in [-0.05, 0) is 62.1 Å². The number of benzene rings is 2. The number of phenolic OH excluding ortho intramolecular Hbond substituents is 1. The Morgan fingerprint density at radius 3 is 2.54 bits per heavy atom. The lowest BCUT2D eigenvalue weighted by molar-refractivity contribution is -0.123. The first-order chi connectivity index (χ1) is 19.5. The molecule has 6 rings (SSSR count). The summed E-state index contributed by atoms with van der Waals surface area (Å²) < 4.78 is 5.94. The Morgan fingerprint density at radius 1 is 1.07 bits per heavy atom. The number of ketones is 2. The minimum absolute atomic E-state index is 0.0584. The van der Waals surface area contributed by atoms with Gasteiger partial charge in [0.05, 0.1) is 30.2 Å². The number of carbonyl (C=O) groups excluding carboxylic acids is 4. The van der Waals surface area contributed by atoms with Crippen LogP contribution in [0.15, 0.2) is 75.3 Å². The molecule has 2 aromatic carbocycles. The summed E-state index contributed by atoms with van der Waals surface area (Å²) >= 11 is 3.44. The van der Waals surface area contributed by atoms with Crippen molar-refractivity contribution in [2.45, 2.75) is 25.7 Å². The van der Waals surface area contributed by atoms with Crippen LogP contribution in [0.5, 0.6) is 11.5 Å². The molecule has 2 aromatic rings. The van der Waals surface area contributed by atoms with E-state index in [2.05, 4.69) is 15.9 Å². The van der Waals surface area contributed by atoms with Gasteiger partial charge in [-0.15, -0.1) is 0 Å². The quantitative estimate of drug-likeness (QED) is 0.291. The number of carboxylic acid groups (broad SMARTS) is 1. The number of fused-ring (bicyclic) bond motifs is 3. The summed E-state index contributed by atoms with van der Waals surface area (Å²) in [4.78, 5) is 67.1. The van der Waals surface area contributed by atoms with Crippen molar-refractivity contribution in [3.63, 3.8) is 0 Å². The number of imide groups is 1. The Kier molecular flexibility index (Phi) is 6.33. The van der Waals surface area contributed by atoms with Crippen LogP contribution in [-0.4, -0.2) is 46.7 Å². The number of Topliss-reactive ketones (excluding diaryl/α,β-unsaturated/α-hetero) is 1. The van der Waals surface area contributed by atoms with Gasteiger partial charge in [-0.2, -0.15) is 0 Å². The number of anilines is 1. The summed E-state index contributed by atoms with van der Waals surface area (Å²) in [6.45, 7) is 1.56. The molecule has 0 radical (unpaired) electrons. The molecule has 1 saturated heterocycles. The summed E-state index contributed by atoms with van der Waals surface area (Å²) in [5.41, 5.74) is 1.93. The average Bonchev–Trinajstić information content (AvgIpc) is 3.21. The summed E-state index contributed by atoms with van der Waals surface area (Å²) in [5, 5.41) is 20.6. The number of halogens is 1. The molecule has 2 amide bonds. The van der Waals surface area contributed by atoms with E-state index in [1.807, 2.05) is 6.08 Å². The molecule has 0 saturated carbocycles. The Labute approximate surface area is 242 Å². The number of methoxy groups -OCH3 is 1. The van der Waals surface area contributed by atoms with Gasteiger partial charge in [-0.25, -0.2) is 4.79 Å². The number of ether oxygens (including phenoxy) is 1. The van der Waals surface area contributed by atoms with Crippen LogP contribution in [0, 0.1) is 17.8 Å². The zero-order valence-corrected chi connectivity index (χ0v) is 23.6. The van der Waals surface area contributed by atoms with Gasteiger partial charge in [-0.3, -0.25) is 24.1 Å². The molecule has 9 nitrogen and oxygen atoms in total. The molecular formula is C31H24BrNO8. The van der Waals surface area contributed by atoms with Crippen molar-refractivity contribution in [3.05, 3.63) is 86.4 Å². The standard InChI is InChI=1S/C31H24BrNO8/c1-13-8-22(34)26-21(27(13)35)12-19-17(24(26)20-10-15(32)11-23(41-2)28(20)36)6-7-18-25(19)30(38)33(29(18)37)16-5-3-4-14(9-16)31(39)40/h3-6,8-11,18-19,24-25,36H,7,12H2,1-2H3,(H,39,40)/t18-,19+,24+,25-/m0/s1. The third kappa shape index (κ3) is 4.00. The smallest absolute Gasteiger partial charge is 0.335 e. The average molecular weight is 618 g/mol. The van der Waals surface area contributed by atoms with Crippen LogP contribution >= 0.6 is 15.9 Å². The van der Waals surface area contributed by atoms with Gasteiger partial charge in [-0.1, -0.05) is 33.6 Å². The molecule has 2 N–H and O–H groups in total. The highest BCUT2D eigenvalue weighted by molar-refractivity contribution is 9.10. The van der Waals surface area contributed by atoms with Crippen molar-refractivity contribution < 1.29 is 38.9 Å². The second-order valence-electron chi connectivity index (χ2n) is 10.6. The Hall–Kier alpha value is -4.31. The van der Waals surface area contributed by atoms with Gasteiger partial charge in [0.15, 0.2) is 23.1 Å². The highest BCUT2D eigenvalue weighted by Gasteiger charge is 2.57. The molecule has 41 heavy (non-hydrogen) atoms. The molecule has 1 heterocycles. The first-order valence-electron chi connectivity index (χ1n) is 13.0. The van der Waals surface area contributed by atoms with Crippen molar-refractivity contribution >= 4 is 51.0 Å². The number of amides is 2. The SMILES string of the molecule is COc1cc(Br)cc([C@H]2C3=CC[C@@H]4C(=O)N(c5cccc(C(=O)O)c5)C(=O)[C@@H]4[C@@H]3CC3=C2C(=O)C=C(C)C3=O)c1O. The zero-order chi connectivity index (χ0) is 29.3. The minimum atomic E-state index is -1.19. The number of aromatic carboxylic acids is 1. The van der Waals surface area contributed by atoms with Crippen molar-refractivity contribution in [1.29, 1.82) is 0 Å². The fourth-order valence-corrected chi connectivity index (χ4v) is 7.19. The molecule has 4 aliphatic rings. The van der Waals surface area contributed by atoms with E-state index < -0.39 is 41.5 Å². The predicted octanol–water partition coefficient (Wildman–Crippen LogP) is 4.50. The third-order valence-electron chi connectivity index (χ3n) is 8.51. The number of carboxylic acids is 1. The van der Waals surface area contributed by atoms with E-state index in [9.17, 15) is 34.2 Å². The molecule has 10 heteroatoms. The minimum Gasteiger partial charge on any atom is -0.504 e. The second kappa shape index (κ2) is 9.66. The van der Waals surface area contributed by atoms with Crippen LogP contribution in [0.4, 0.5) is 5.69 Å². The molecule has 0 unspecified atom stereocenters. The normalized spacial score (nSPS) is 25.4. The van der Waals surface area contributed by atoms with Gasteiger partial charge in [0, 0.05) is 32.7 Å². The summed E-state index contributed by atoms with van der Waals surface area (Å²) in [6, 6.07) is 8.91. The maximum Gasteiger partial charge on any atom is 0.335 e. The van der Waals surface area contributed by atoms with E-state index in [0.717, 1.165) is 4.90 Å². The molecule has 0 aromatic heterocycles. The third-order valence-corrected chi connectivity index (χ3v) is 8.97. The first kappa shape index (κ1) is 26.9. The largest absolute Gasteiger partial charge is 0.504 e. The van der Waals surface area contributed by atoms with Crippen LogP contribution in [0.25, 0.3) is 0 Å². The van der Waals surface area contributed by atoms with Crippen LogP contribution in [0.3, 0.4) is 0 Å². The van der Waals surface area contributed by atoms with Crippen LogP contribution in [0.2, 0.25) is 0 Å². The number of rotatable bonds is 4. The number of hydrogen-bond acceptors (Lipinski definition) is 7. The summed E-state index contributed by atoms with van der Waals surface area (Å²) in [6.07, 6.45) is 3.44. The van der Waals surface area contributed by atoms with E-state index in [0.29, 0.717) is 15.6 Å². The highest BCUT2D eigenvalue weighted by atomic mass is 79.9. The number of hydrogen-bond donors (Lipinski definition) is 2. The topological polar surface area (TPSA) is 138 Å². The lowest BCUT2D eigenvalue weighted by Gasteiger charge is -2.42. The molecule has 1 aliphatic heterocycles. The predicted molar refractivity (Wildman–Crippen MR) is 150 cm³/mol. The molecule has 4 atom stereocenters. The van der Waals surface area contributed by atoms with Gasteiger partial charge < -0.3 is 14.9 Å². The summed E-state index contributed by atoms with van der Waals surface area (Å²) in [5.74, 6) is -5.79. The van der Waals surface area contributed by atoms with Gasteiger partial charge in [0.2, 0.25) is 11.8 Å². The van der Waals surface area contributed by atoms with Gasteiger partial charge in [0.1, 0.15) is 0 Å².